The van der Waals surface area contributed by atoms with Gasteiger partial charge >= 0.3 is 0 Å². The molecule has 0 saturated carbocycles. The minimum Gasteiger partial charge on any atom is -0.479 e. The van der Waals surface area contributed by atoms with Gasteiger partial charge in [0.1, 0.15) is 11.8 Å². The lowest BCUT2D eigenvalue weighted by molar-refractivity contribution is -0.117. The normalized spacial score (nSPS) is 11.4. The van der Waals surface area contributed by atoms with Crippen LogP contribution in [0.3, 0.4) is 0 Å². The van der Waals surface area contributed by atoms with Crippen molar-refractivity contribution in [2.75, 3.05) is 23.9 Å². The van der Waals surface area contributed by atoms with Crippen molar-refractivity contribution in [3.63, 3.8) is 0 Å². The molecule has 0 fully saturated rings. The predicted octanol–water partition coefficient (Wildman–Crippen LogP) is 1.61. The van der Waals surface area contributed by atoms with E-state index in [0.717, 1.165) is 5.75 Å². The summed E-state index contributed by atoms with van der Waals surface area (Å²) in [5.74, 6) is 1.25. The molecule has 5 nitrogen and oxygen atoms in total. The van der Waals surface area contributed by atoms with Crippen LogP contribution in [0, 0.1) is 11.3 Å². The Labute approximate surface area is 117 Å². The van der Waals surface area contributed by atoms with Crippen LogP contribution < -0.4 is 15.8 Å². The quantitative estimate of drug-likeness (QED) is 0.791. The Morgan fingerprint density at radius 1 is 1.53 bits per heavy atom. The molecular weight excluding hydrogens is 262 g/mol. The average Bonchev–Trinajstić information content (AvgIpc) is 2.43. The molecule has 1 aromatic rings. The Bertz CT molecular complexity index is 442. The summed E-state index contributed by atoms with van der Waals surface area (Å²) in [4.78, 5) is 11.8. The fourth-order valence-electron chi connectivity index (χ4n) is 1.36. The second-order valence-electron chi connectivity index (χ2n) is 3.85. The van der Waals surface area contributed by atoms with Gasteiger partial charge < -0.3 is 15.8 Å². The second-order valence-corrected chi connectivity index (χ2v) is 4.83. The molecule has 1 rings (SSSR count). The van der Waals surface area contributed by atoms with E-state index in [1.807, 2.05) is 12.3 Å². The molecule has 0 radical (unpaired) electrons. The fourth-order valence-corrected chi connectivity index (χ4v) is 1.85. The summed E-state index contributed by atoms with van der Waals surface area (Å²) in [5.41, 5.74) is 6.42. The number of nitrogens with one attached hydrogen (secondary N) is 1. The van der Waals surface area contributed by atoms with E-state index in [1.165, 1.54) is 0 Å². The van der Waals surface area contributed by atoms with Crippen molar-refractivity contribution in [1.29, 1.82) is 5.26 Å². The zero-order valence-corrected chi connectivity index (χ0v) is 11.6. The van der Waals surface area contributed by atoms with Crippen LogP contribution in [0.5, 0.6) is 5.75 Å². The highest BCUT2D eigenvalue weighted by molar-refractivity contribution is 7.98. The third-order valence-corrected chi connectivity index (χ3v) is 3.04. The monoisotopic (exact) mass is 279 g/mol. The van der Waals surface area contributed by atoms with Gasteiger partial charge in [0.2, 0.25) is 5.91 Å². The van der Waals surface area contributed by atoms with E-state index >= 15 is 0 Å². The van der Waals surface area contributed by atoms with Gasteiger partial charge in [0.15, 0.2) is 6.61 Å². The minimum absolute atomic E-state index is 0.00522. The number of amides is 1. The van der Waals surface area contributed by atoms with Crippen molar-refractivity contribution in [2.24, 2.45) is 5.73 Å². The second kappa shape index (κ2) is 8.40. The molecule has 1 amide bonds. The van der Waals surface area contributed by atoms with E-state index in [4.69, 9.17) is 15.7 Å². The van der Waals surface area contributed by atoms with Gasteiger partial charge in [0, 0.05) is 5.69 Å². The van der Waals surface area contributed by atoms with E-state index in [9.17, 15) is 4.79 Å². The topological polar surface area (TPSA) is 88.1 Å². The van der Waals surface area contributed by atoms with Crippen LogP contribution in [-0.2, 0) is 4.79 Å². The van der Waals surface area contributed by atoms with Crippen LogP contribution in [0.15, 0.2) is 24.3 Å². The molecule has 6 heteroatoms. The first-order valence-corrected chi connectivity index (χ1v) is 7.22. The molecule has 0 aromatic heterocycles. The highest BCUT2D eigenvalue weighted by Crippen LogP contribution is 2.15. The molecule has 102 valence electrons. The first-order valence-electron chi connectivity index (χ1n) is 5.82. The number of hydrogen-bond acceptors (Lipinski definition) is 5. The number of nitrogens with zero attached hydrogens (tertiary/aromatic N) is 1. The van der Waals surface area contributed by atoms with Crippen molar-refractivity contribution >= 4 is 23.4 Å². The Hall–Kier alpha value is -1.71. The molecule has 0 aliphatic carbocycles. The van der Waals surface area contributed by atoms with Crippen LogP contribution >= 0.6 is 11.8 Å². The number of nitrogens with two attached hydrogens (primary N) is 1. The van der Waals surface area contributed by atoms with Crippen molar-refractivity contribution in [3.05, 3.63) is 24.3 Å². The fraction of sp³-hybridized carbons (Fsp3) is 0.385. The zero-order chi connectivity index (χ0) is 14.1. The number of nitriles is 1. The van der Waals surface area contributed by atoms with Crippen LogP contribution in [0.2, 0.25) is 0 Å². The summed E-state index contributed by atoms with van der Waals surface area (Å²) in [6, 6.07) is 8.21. The lowest BCUT2D eigenvalue weighted by Crippen LogP contribution is -2.36. The van der Waals surface area contributed by atoms with Gasteiger partial charge in [-0.2, -0.15) is 17.0 Å². The maximum Gasteiger partial charge on any atom is 0.241 e. The van der Waals surface area contributed by atoms with E-state index < -0.39 is 6.04 Å². The lowest BCUT2D eigenvalue weighted by Gasteiger charge is -2.12. The lowest BCUT2D eigenvalue weighted by atomic mass is 10.2. The minimum atomic E-state index is -0.498. The first-order chi connectivity index (χ1) is 9.17. The number of hydrogen-bond donors (Lipinski definition) is 2. The standard InChI is InChI=1S/C13H17N3O2S/c1-19-9-6-12(15)13(17)16-10-2-4-11(5-3-10)18-8-7-14/h2-5,12H,6,8-9,15H2,1H3,(H,16,17)/t12-/m0/s1. The molecule has 0 aliphatic heterocycles. The summed E-state index contributed by atoms with van der Waals surface area (Å²) in [5, 5.41) is 11.1. The van der Waals surface area contributed by atoms with Gasteiger partial charge in [0.05, 0.1) is 6.04 Å². The molecule has 0 bridgehead atoms. The van der Waals surface area contributed by atoms with Crippen LogP contribution in [0.1, 0.15) is 6.42 Å². The Balaban J connectivity index is 2.48. The molecule has 0 aliphatic rings. The number of benzene rings is 1. The molecular formula is C13H17N3O2S. The molecule has 0 spiro atoms. The Morgan fingerprint density at radius 2 is 2.21 bits per heavy atom. The molecule has 0 saturated heterocycles. The van der Waals surface area contributed by atoms with Gasteiger partial charge in [-0.3, -0.25) is 4.79 Å². The third-order valence-electron chi connectivity index (χ3n) is 2.39. The third kappa shape index (κ3) is 5.64. The molecule has 1 atom stereocenters. The van der Waals surface area contributed by atoms with Crippen molar-refractivity contribution in [1.82, 2.24) is 0 Å². The Morgan fingerprint density at radius 3 is 2.79 bits per heavy atom. The van der Waals surface area contributed by atoms with Gasteiger partial charge in [0.25, 0.3) is 0 Å². The number of anilines is 1. The summed E-state index contributed by atoms with van der Waals surface area (Å²) in [7, 11) is 0. The van der Waals surface area contributed by atoms with Crippen molar-refractivity contribution in [2.45, 2.75) is 12.5 Å². The smallest absolute Gasteiger partial charge is 0.241 e. The predicted molar refractivity (Wildman–Crippen MR) is 77.2 cm³/mol. The van der Waals surface area contributed by atoms with Crippen LogP contribution in [0.25, 0.3) is 0 Å². The zero-order valence-electron chi connectivity index (χ0n) is 10.8. The first kappa shape index (κ1) is 15.3. The molecule has 19 heavy (non-hydrogen) atoms. The molecule has 0 heterocycles. The van der Waals surface area contributed by atoms with Gasteiger partial charge in [-0.05, 0) is 42.7 Å². The number of thioether (sulfide) groups is 1. The summed E-state index contributed by atoms with van der Waals surface area (Å²) in [6.45, 7) is 0.00522. The van der Waals surface area contributed by atoms with E-state index in [0.29, 0.717) is 17.9 Å². The van der Waals surface area contributed by atoms with Gasteiger partial charge in [-0.25, -0.2) is 0 Å². The Kier molecular flexibility index (Phi) is 6.79. The maximum atomic E-state index is 11.8. The van der Waals surface area contributed by atoms with E-state index in [-0.39, 0.29) is 12.5 Å². The van der Waals surface area contributed by atoms with Crippen molar-refractivity contribution < 1.29 is 9.53 Å². The largest absolute Gasteiger partial charge is 0.479 e. The number of rotatable bonds is 7. The highest BCUT2D eigenvalue weighted by atomic mass is 32.2. The number of ether oxygens (including phenoxy) is 1. The summed E-state index contributed by atoms with van der Waals surface area (Å²) in [6.07, 6.45) is 2.63. The molecule has 0 unspecified atom stereocenters. The van der Waals surface area contributed by atoms with Crippen LogP contribution in [0.4, 0.5) is 5.69 Å². The van der Waals surface area contributed by atoms with Crippen LogP contribution in [-0.4, -0.2) is 30.6 Å². The van der Waals surface area contributed by atoms with E-state index in [1.54, 1.807) is 36.0 Å². The van der Waals surface area contributed by atoms with Crippen molar-refractivity contribution in [3.8, 4) is 11.8 Å². The molecule has 1 aromatic carbocycles. The maximum absolute atomic E-state index is 11.8. The van der Waals surface area contributed by atoms with E-state index in [2.05, 4.69) is 5.32 Å². The number of carbonyl (C=O) groups is 1. The summed E-state index contributed by atoms with van der Waals surface area (Å²) >= 11 is 1.66. The van der Waals surface area contributed by atoms with Gasteiger partial charge in [-0.1, -0.05) is 0 Å². The number of carbonyl (C=O) groups excluding carboxylic acids is 1. The highest BCUT2D eigenvalue weighted by Gasteiger charge is 2.12. The summed E-state index contributed by atoms with van der Waals surface area (Å²) < 4.78 is 5.11. The average molecular weight is 279 g/mol. The SMILES string of the molecule is CSCC[C@H](N)C(=O)Nc1ccc(OCC#N)cc1. The van der Waals surface area contributed by atoms with Gasteiger partial charge in [-0.15, -0.1) is 0 Å². The molecule has 3 N–H and O–H groups in total.